The number of nitrogens with one attached hydrogen (secondary N) is 4. The second kappa shape index (κ2) is 14.1. The summed E-state index contributed by atoms with van der Waals surface area (Å²) in [6, 6.07) is 13.7. The van der Waals surface area contributed by atoms with Crippen molar-refractivity contribution in [1.29, 1.82) is 5.26 Å². The van der Waals surface area contributed by atoms with Gasteiger partial charge in [-0.05, 0) is 86.8 Å². The molecule has 1 aliphatic heterocycles. The van der Waals surface area contributed by atoms with E-state index in [0.717, 1.165) is 25.2 Å². The number of carbonyl (C=O) groups is 2. The Labute approximate surface area is 225 Å². The number of urea groups is 1. The average molecular weight is 518 g/mol. The van der Waals surface area contributed by atoms with E-state index in [1.165, 1.54) is 38.7 Å². The van der Waals surface area contributed by atoms with Gasteiger partial charge in [-0.25, -0.2) is 9.79 Å². The van der Waals surface area contributed by atoms with Crippen molar-refractivity contribution in [3.05, 3.63) is 48.0 Å². The Bertz CT molecular complexity index is 1140. The second-order valence-corrected chi connectivity index (χ2v) is 10.7. The SMILES string of the molecule is CC(C)(C)CC(=O)Nc1ccc(NCCCN2CCCCC2)c(N=CNC(=O)Nc2ccc(C#N)cc2)c1. The lowest BCUT2D eigenvalue weighted by molar-refractivity contribution is -0.117. The van der Waals surface area contributed by atoms with Gasteiger partial charge in [0.15, 0.2) is 0 Å². The van der Waals surface area contributed by atoms with E-state index in [2.05, 4.69) is 31.2 Å². The van der Waals surface area contributed by atoms with Gasteiger partial charge in [-0.1, -0.05) is 27.2 Å². The molecule has 0 aliphatic carbocycles. The Morgan fingerprint density at radius 3 is 2.42 bits per heavy atom. The van der Waals surface area contributed by atoms with Gasteiger partial charge in [0.05, 0.1) is 29.3 Å². The van der Waals surface area contributed by atoms with Gasteiger partial charge in [0.2, 0.25) is 5.91 Å². The maximum atomic E-state index is 12.4. The topological polar surface area (TPSA) is 122 Å². The van der Waals surface area contributed by atoms with Crippen LogP contribution in [0.5, 0.6) is 0 Å². The van der Waals surface area contributed by atoms with Crippen molar-refractivity contribution < 1.29 is 9.59 Å². The largest absolute Gasteiger partial charge is 0.383 e. The highest BCUT2D eigenvalue weighted by Crippen LogP contribution is 2.29. The van der Waals surface area contributed by atoms with Crippen LogP contribution in [0.2, 0.25) is 0 Å². The van der Waals surface area contributed by atoms with Crippen molar-refractivity contribution in [1.82, 2.24) is 10.2 Å². The van der Waals surface area contributed by atoms with Crippen LogP contribution in [-0.4, -0.2) is 49.4 Å². The Hall–Kier alpha value is -3.90. The van der Waals surface area contributed by atoms with E-state index < -0.39 is 6.03 Å². The third-order valence-electron chi connectivity index (χ3n) is 6.06. The fraction of sp³-hybridized carbons (Fsp3) is 0.448. The highest BCUT2D eigenvalue weighted by atomic mass is 16.2. The molecule has 4 N–H and O–H groups in total. The van der Waals surface area contributed by atoms with E-state index in [0.29, 0.717) is 29.0 Å². The van der Waals surface area contributed by atoms with Crippen molar-refractivity contribution >= 4 is 41.0 Å². The maximum absolute atomic E-state index is 12.4. The number of anilines is 3. The van der Waals surface area contributed by atoms with Crippen LogP contribution in [0.25, 0.3) is 0 Å². The zero-order valence-electron chi connectivity index (χ0n) is 22.6. The highest BCUT2D eigenvalue weighted by molar-refractivity contribution is 5.97. The molecule has 1 saturated heterocycles. The van der Waals surface area contributed by atoms with Gasteiger partial charge in [-0.3, -0.25) is 10.1 Å². The molecule has 0 saturated carbocycles. The van der Waals surface area contributed by atoms with Crippen molar-refractivity contribution in [2.24, 2.45) is 10.4 Å². The van der Waals surface area contributed by atoms with Crippen molar-refractivity contribution in [3.63, 3.8) is 0 Å². The van der Waals surface area contributed by atoms with Crippen LogP contribution >= 0.6 is 0 Å². The lowest BCUT2D eigenvalue weighted by Gasteiger charge is -2.26. The van der Waals surface area contributed by atoms with E-state index >= 15 is 0 Å². The minimum absolute atomic E-state index is 0.0606. The Morgan fingerprint density at radius 2 is 1.74 bits per heavy atom. The fourth-order valence-electron chi connectivity index (χ4n) is 4.22. The van der Waals surface area contributed by atoms with Crippen molar-refractivity contribution in [2.45, 2.75) is 52.9 Å². The molecule has 9 heteroatoms. The average Bonchev–Trinajstić information content (AvgIpc) is 2.87. The number of hydrogen-bond donors (Lipinski definition) is 4. The molecule has 0 spiro atoms. The Kier molecular flexibility index (Phi) is 10.7. The molecule has 2 aromatic rings. The molecule has 0 unspecified atom stereocenters. The molecule has 38 heavy (non-hydrogen) atoms. The Morgan fingerprint density at radius 1 is 1.03 bits per heavy atom. The Balaban J connectivity index is 1.62. The molecule has 1 fully saturated rings. The fourth-order valence-corrected chi connectivity index (χ4v) is 4.22. The number of piperidine rings is 1. The summed E-state index contributed by atoms with van der Waals surface area (Å²) in [6.07, 6.45) is 6.63. The number of nitriles is 1. The van der Waals surface area contributed by atoms with E-state index in [9.17, 15) is 9.59 Å². The van der Waals surface area contributed by atoms with Crippen molar-refractivity contribution in [3.8, 4) is 6.07 Å². The number of nitrogens with zero attached hydrogens (tertiary/aromatic N) is 3. The molecule has 1 heterocycles. The van der Waals surface area contributed by atoms with Gasteiger partial charge >= 0.3 is 6.03 Å². The van der Waals surface area contributed by atoms with E-state index in [4.69, 9.17) is 5.26 Å². The summed E-state index contributed by atoms with van der Waals surface area (Å²) < 4.78 is 0. The zero-order valence-corrected chi connectivity index (χ0v) is 22.6. The van der Waals surface area contributed by atoms with E-state index in [1.54, 1.807) is 30.3 Å². The van der Waals surface area contributed by atoms with Gasteiger partial charge in [-0.15, -0.1) is 0 Å². The van der Waals surface area contributed by atoms with Gasteiger partial charge in [0.25, 0.3) is 0 Å². The number of carbonyl (C=O) groups excluding carboxylic acids is 2. The molecule has 3 amide bonds. The van der Waals surface area contributed by atoms with Crippen LogP contribution in [0.1, 0.15) is 58.4 Å². The normalized spacial score (nSPS) is 14.1. The standard InChI is InChI=1S/C29H39N7O2/c1-29(2,3)19-27(37)34-24-12-13-25(31-14-7-17-36-15-5-4-6-16-36)26(18-24)32-21-33-28(38)35-23-10-8-22(20-30)9-11-23/h8-13,18,21,31H,4-7,14-17,19H2,1-3H3,(H,34,37)(H2,32,33,35,38). The number of amides is 3. The van der Waals surface area contributed by atoms with Crippen LogP contribution in [0, 0.1) is 16.7 Å². The lowest BCUT2D eigenvalue weighted by Crippen LogP contribution is -2.31. The molecule has 2 aromatic carbocycles. The van der Waals surface area contributed by atoms with Crippen LogP contribution in [0.3, 0.4) is 0 Å². The summed E-state index contributed by atoms with van der Waals surface area (Å²) in [6.45, 7) is 10.3. The number of likely N-dealkylation sites (tertiary alicyclic amines) is 1. The van der Waals surface area contributed by atoms with Crippen molar-refractivity contribution in [2.75, 3.05) is 42.1 Å². The summed E-state index contributed by atoms with van der Waals surface area (Å²) >= 11 is 0. The third kappa shape index (κ3) is 10.2. The zero-order chi connectivity index (χ0) is 27.4. The number of aliphatic imine (C=N–C) groups is 1. The first kappa shape index (κ1) is 28.7. The van der Waals surface area contributed by atoms with Crippen LogP contribution in [-0.2, 0) is 4.79 Å². The summed E-state index contributed by atoms with van der Waals surface area (Å²) in [4.78, 5) is 31.7. The molecule has 202 valence electrons. The van der Waals surface area contributed by atoms with Gasteiger partial charge in [0, 0.05) is 24.3 Å². The quantitative estimate of drug-likeness (QED) is 0.183. The molecule has 9 nitrogen and oxygen atoms in total. The van der Waals surface area contributed by atoms with Crippen LogP contribution in [0.4, 0.5) is 27.5 Å². The smallest absolute Gasteiger partial charge is 0.324 e. The predicted octanol–water partition coefficient (Wildman–Crippen LogP) is 5.70. The molecular weight excluding hydrogens is 478 g/mol. The predicted molar refractivity (Wildman–Crippen MR) is 154 cm³/mol. The molecule has 0 atom stereocenters. The number of hydrogen-bond acceptors (Lipinski definition) is 6. The summed E-state index contributed by atoms with van der Waals surface area (Å²) in [5, 5.41) is 20.6. The maximum Gasteiger partial charge on any atom is 0.324 e. The third-order valence-corrected chi connectivity index (χ3v) is 6.06. The monoisotopic (exact) mass is 517 g/mol. The first-order valence-corrected chi connectivity index (χ1v) is 13.2. The molecule has 1 aliphatic rings. The van der Waals surface area contributed by atoms with Crippen LogP contribution < -0.4 is 21.3 Å². The first-order chi connectivity index (χ1) is 18.2. The second-order valence-electron chi connectivity index (χ2n) is 10.7. The minimum atomic E-state index is -0.455. The van der Waals surface area contributed by atoms with Gasteiger partial charge < -0.3 is 20.9 Å². The van der Waals surface area contributed by atoms with Crippen LogP contribution in [0.15, 0.2) is 47.5 Å². The summed E-state index contributed by atoms with van der Waals surface area (Å²) in [5.41, 5.74) is 3.04. The highest BCUT2D eigenvalue weighted by Gasteiger charge is 2.16. The van der Waals surface area contributed by atoms with Gasteiger partial charge in [0.1, 0.15) is 0 Å². The van der Waals surface area contributed by atoms with E-state index in [1.807, 2.05) is 39.0 Å². The molecule has 0 aromatic heterocycles. The summed E-state index contributed by atoms with van der Waals surface area (Å²) in [7, 11) is 0. The lowest BCUT2D eigenvalue weighted by atomic mass is 9.92. The molecule has 3 rings (SSSR count). The molecule has 0 bridgehead atoms. The first-order valence-electron chi connectivity index (χ1n) is 13.2. The number of benzene rings is 2. The van der Waals surface area contributed by atoms with E-state index in [-0.39, 0.29) is 11.3 Å². The minimum Gasteiger partial charge on any atom is -0.383 e. The van der Waals surface area contributed by atoms with Gasteiger partial charge in [-0.2, -0.15) is 5.26 Å². The summed E-state index contributed by atoms with van der Waals surface area (Å²) in [5.74, 6) is -0.0606. The molecule has 0 radical (unpaired) electrons. The number of rotatable bonds is 10. The molecular formula is C29H39N7O2.